The molecule has 2 rings (SSSR count). The number of carboxylic acids is 1. The Hall–Kier alpha value is -1.49. The van der Waals surface area contributed by atoms with Crippen molar-refractivity contribution in [2.45, 2.75) is 44.7 Å². The van der Waals surface area contributed by atoms with Crippen LogP contribution in [0, 0.1) is 5.82 Å². The average Bonchev–Trinajstić information content (AvgIpc) is 3.20. The standard InChI is InChI=1S/C14H19FN2O2/c1-2-13(12-6-3-10(15)9-16-12)17(11-4-5-11)8-7-14(18)19/h3,6,9,11,13H,2,4-5,7-8H2,1H3,(H,18,19). The van der Waals surface area contributed by atoms with Crippen LogP contribution in [0.1, 0.15) is 44.3 Å². The summed E-state index contributed by atoms with van der Waals surface area (Å²) in [6.07, 6.45) is 4.41. The Labute approximate surface area is 112 Å². The van der Waals surface area contributed by atoms with E-state index in [0.29, 0.717) is 12.6 Å². The minimum absolute atomic E-state index is 0.0763. The topological polar surface area (TPSA) is 53.4 Å². The van der Waals surface area contributed by atoms with Crippen molar-refractivity contribution in [3.8, 4) is 0 Å². The average molecular weight is 266 g/mol. The maximum atomic E-state index is 12.9. The van der Waals surface area contributed by atoms with Crippen LogP contribution < -0.4 is 0 Å². The summed E-state index contributed by atoms with van der Waals surface area (Å²) in [4.78, 5) is 17.1. The van der Waals surface area contributed by atoms with Crippen LogP contribution in [0.3, 0.4) is 0 Å². The molecule has 0 radical (unpaired) electrons. The van der Waals surface area contributed by atoms with Crippen LogP contribution in [0.5, 0.6) is 0 Å². The SMILES string of the molecule is CCC(c1ccc(F)cn1)N(CCC(=O)O)C1CC1. The van der Waals surface area contributed by atoms with Gasteiger partial charge in [0.2, 0.25) is 0 Å². The van der Waals surface area contributed by atoms with E-state index in [0.717, 1.165) is 25.0 Å². The molecule has 0 saturated heterocycles. The van der Waals surface area contributed by atoms with Crippen molar-refractivity contribution in [1.82, 2.24) is 9.88 Å². The molecule has 1 aliphatic rings. The van der Waals surface area contributed by atoms with Gasteiger partial charge in [0.15, 0.2) is 0 Å². The van der Waals surface area contributed by atoms with E-state index in [1.165, 1.54) is 12.3 Å². The van der Waals surface area contributed by atoms with Crippen LogP contribution in [-0.2, 0) is 4.79 Å². The lowest BCUT2D eigenvalue weighted by Gasteiger charge is -2.30. The van der Waals surface area contributed by atoms with E-state index in [1.54, 1.807) is 6.07 Å². The molecule has 4 nitrogen and oxygen atoms in total. The van der Waals surface area contributed by atoms with E-state index >= 15 is 0 Å². The van der Waals surface area contributed by atoms with Crippen molar-refractivity contribution in [3.63, 3.8) is 0 Å². The summed E-state index contributed by atoms with van der Waals surface area (Å²) in [6, 6.07) is 3.64. The molecule has 1 aromatic rings. The number of hydrogen-bond acceptors (Lipinski definition) is 3. The molecule has 1 saturated carbocycles. The van der Waals surface area contributed by atoms with Crippen molar-refractivity contribution >= 4 is 5.97 Å². The number of nitrogens with zero attached hydrogens (tertiary/aromatic N) is 2. The maximum absolute atomic E-state index is 12.9. The molecule has 0 spiro atoms. The number of hydrogen-bond donors (Lipinski definition) is 1. The minimum atomic E-state index is -0.785. The monoisotopic (exact) mass is 266 g/mol. The molecule has 104 valence electrons. The lowest BCUT2D eigenvalue weighted by Crippen LogP contribution is -2.33. The van der Waals surface area contributed by atoms with Gasteiger partial charge in [0.25, 0.3) is 0 Å². The van der Waals surface area contributed by atoms with E-state index in [4.69, 9.17) is 5.11 Å². The van der Waals surface area contributed by atoms with Crippen molar-refractivity contribution in [2.75, 3.05) is 6.54 Å². The van der Waals surface area contributed by atoms with Crippen LogP contribution >= 0.6 is 0 Å². The summed E-state index contributed by atoms with van der Waals surface area (Å²) in [5.41, 5.74) is 0.821. The first-order chi connectivity index (χ1) is 9.11. The molecule has 19 heavy (non-hydrogen) atoms. The van der Waals surface area contributed by atoms with E-state index in [9.17, 15) is 9.18 Å². The molecule has 0 amide bonds. The second-order valence-corrected chi connectivity index (χ2v) is 4.94. The fraction of sp³-hybridized carbons (Fsp3) is 0.571. The maximum Gasteiger partial charge on any atom is 0.304 e. The molecule has 1 unspecified atom stereocenters. The fourth-order valence-electron chi connectivity index (χ4n) is 2.42. The van der Waals surface area contributed by atoms with Gasteiger partial charge in [-0.2, -0.15) is 0 Å². The van der Waals surface area contributed by atoms with Gasteiger partial charge in [-0.25, -0.2) is 4.39 Å². The molecule has 1 fully saturated rings. The lowest BCUT2D eigenvalue weighted by molar-refractivity contribution is -0.137. The molecule has 1 heterocycles. The quantitative estimate of drug-likeness (QED) is 0.824. The number of carbonyl (C=O) groups is 1. The predicted molar refractivity (Wildman–Crippen MR) is 69.2 cm³/mol. The van der Waals surface area contributed by atoms with Gasteiger partial charge < -0.3 is 5.11 Å². The van der Waals surface area contributed by atoms with Crippen LogP contribution in [-0.4, -0.2) is 33.5 Å². The van der Waals surface area contributed by atoms with E-state index in [1.807, 2.05) is 6.92 Å². The van der Waals surface area contributed by atoms with Gasteiger partial charge in [-0.05, 0) is 31.4 Å². The molecule has 5 heteroatoms. The van der Waals surface area contributed by atoms with Gasteiger partial charge in [-0.15, -0.1) is 0 Å². The molecule has 1 atom stereocenters. The zero-order valence-corrected chi connectivity index (χ0v) is 11.1. The summed E-state index contributed by atoms with van der Waals surface area (Å²) in [5.74, 6) is -1.13. The van der Waals surface area contributed by atoms with Crippen LogP contribution in [0.2, 0.25) is 0 Å². The van der Waals surface area contributed by atoms with E-state index in [2.05, 4.69) is 9.88 Å². The number of rotatable bonds is 7. The highest BCUT2D eigenvalue weighted by Gasteiger charge is 2.34. The number of pyridine rings is 1. The van der Waals surface area contributed by atoms with Crippen LogP contribution in [0.15, 0.2) is 18.3 Å². The molecule has 1 aromatic heterocycles. The van der Waals surface area contributed by atoms with Gasteiger partial charge in [0, 0.05) is 12.6 Å². The van der Waals surface area contributed by atoms with Crippen molar-refractivity contribution < 1.29 is 14.3 Å². The van der Waals surface area contributed by atoms with E-state index in [-0.39, 0.29) is 18.3 Å². The molecule has 1 N–H and O–H groups in total. The molecular weight excluding hydrogens is 247 g/mol. The third kappa shape index (κ3) is 3.73. The zero-order valence-electron chi connectivity index (χ0n) is 11.1. The highest BCUT2D eigenvalue weighted by Crippen LogP contribution is 2.35. The number of carboxylic acid groups (broad SMARTS) is 1. The first kappa shape index (κ1) is 13.9. The molecule has 1 aliphatic carbocycles. The Morgan fingerprint density at radius 1 is 1.58 bits per heavy atom. The normalized spacial score (nSPS) is 16.6. The third-order valence-electron chi connectivity index (χ3n) is 3.48. The number of halogens is 1. The number of aliphatic carboxylic acids is 1. The summed E-state index contributed by atoms with van der Waals surface area (Å²) in [5, 5.41) is 8.83. The minimum Gasteiger partial charge on any atom is -0.481 e. The molecular formula is C14H19FN2O2. The predicted octanol–water partition coefficient (Wildman–Crippen LogP) is 2.61. The first-order valence-electron chi connectivity index (χ1n) is 6.70. The Bertz CT molecular complexity index is 432. The summed E-state index contributed by atoms with van der Waals surface area (Å²) >= 11 is 0. The van der Waals surface area contributed by atoms with Gasteiger partial charge in [0.1, 0.15) is 5.82 Å². The smallest absolute Gasteiger partial charge is 0.304 e. The van der Waals surface area contributed by atoms with E-state index < -0.39 is 5.97 Å². The zero-order chi connectivity index (χ0) is 13.8. The van der Waals surface area contributed by atoms with Gasteiger partial charge in [-0.1, -0.05) is 6.92 Å². The summed E-state index contributed by atoms with van der Waals surface area (Å²) in [6.45, 7) is 2.57. The van der Waals surface area contributed by atoms with Crippen molar-refractivity contribution in [2.24, 2.45) is 0 Å². The fourth-order valence-corrected chi connectivity index (χ4v) is 2.42. The largest absolute Gasteiger partial charge is 0.481 e. The third-order valence-corrected chi connectivity index (χ3v) is 3.48. The van der Waals surface area contributed by atoms with Crippen molar-refractivity contribution in [1.29, 1.82) is 0 Å². The van der Waals surface area contributed by atoms with Gasteiger partial charge in [-0.3, -0.25) is 14.7 Å². The number of aromatic nitrogens is 1. The Balaban J connectivity index is 2.12. The second kappa shape index (κ2) is 6.10. The Morgan fingerprint density at radius 2 is 2.32 bits per heavy atom. The van der Waals surface area contributed by atoms with Crippen LogP contribution in [0.4, 0.5) is 4.39 Å². The molecule has 0 bridgehead atoms. The Kier molecular flexibility index (Phi) is 4.47. The molecule has 0 aliphatic heterocycles. The lowest BCUT2D eigenvalue weighted by atomic mass is 10.1. The Morgan fingerprint density at radius 3 is 2.79 bits per heavy atom. The van der Waals surface area contributed by atoms with Crippen molar-refractivity contribution in [3.05, 3.63) is 29.8 Å². The summed E-state index contributed by atoms with van der Waals surface area (Å²) < 4.78 is 12.9. The highest BCUT2D eigenvalue weighted by molar-refractivity contribution is 5.66. The second-order valence-electron chi connectivity index (χ2n) is 4.94. The van der Waals surface area contributed by atoms with Gasteiger partial charge in [0.05, 0.1) is 24.4 Å². The highest BCUT2D eigenvalue weighted by atomic mass is 19.1. The van der Waals surface area contributed by atoms with Gasteiger partial charge >= 0.3 is 5.97 Å². The van der Waals surface area contributed by atoms with Crippen LogP contribution in [0.25, 0.3) is 0 Å². The first-order valence-corrected chi connectivity index (χ1v) is 6.70. The summed E-state index contributed by atoms with van der Waals surface area (Å²) in [7, 11) is 0. The molecule has 0 aromatic carbocycles.